The summed E-state index contributed by atoms with van der Waals surface area (Å²) in [4.78, 5) is 0. The van der Waals surface area contributed by atoms with Crippen molar-refractivity contribution < 1.29 is 66.7 Å². The van der Waals surface area contributed by atoms with Crippen molar-refractivity contribution >= 4 is 0 Å². The van der Waals surface area contributed by atoms with Gasteiger partial charge in [-0.25, -0.2) is 0 Å². The number of benzene rings is 1. The van der Waals surface area contributed by atoms with Crippen molar-refractivity contribution in [2.45, 2.75) is 52.4 Å². The molecule has 324 valence electrons. The van der Waals surface area contributed by atoms with E-state index in [0.29, 0.717) is 171 Å². The molecule has 0 amide bonds. The number of rotatable bonds is 45. The van der Waals surface area contributed by atoms with Gasteiger partial charge in [-0.05, 0) is 42.4 Å². The predicted molar refractivity (Wildman–Crippen MR) is 211 cm³/mol. The van der Waals surface area contributed by atoms with E-state index in [-0.39, 0.29) is 6.61 Å². The molecule has 1 rings (SSSR count). The fourth-order valence-electron chi connectivity index (χ4n) is 4.94. The van der Waals surface area contributed by atoms with Gasteiger partial charge in [-0.3, -0.25) is 0 Å². The third-order valence-corrected chi connectivity index (χ3v) is 8.37. The normalized spacial score (nSPS) is 12.7. The second-order valence-electron chi connectivity index (χ2n) is 12.7. The van der Waals surface area contributed by atoms with E-state index < -0.39 is 0 Å². The van der Waals surface area contributed by atoms with Crippen LogP contribution in [0, 0.1) is 5.92 Å². The van der Waals surface area contributed by atoms with E-state index >= 15 is 0 Å². The third-order valence-electron chi connectivity index (χ3n) is 8.37. The minimum Gasteiger partial charge on any atom is -0.491 e. The number of ether oxygens (including phenoxy) is 13. The van der Waals surface area contributed by atoms with Gasteiger partial charge in [-0.2, -0.15) is 0 Å². The van der Waals surface area contributed by atoms with Crippen LogP contribution in [0.2, 0.25) is 0 Å². The quantitative estimate of drug-likeness (QED) is 0.0923. The van der Waals surface area contributed by atoms with E-state index in [9.17, 15) is 0 Å². The zero-order valence-corrected chi connectivity index (χ0v) is 34.4. The molecule has 1 aromatic rings. The van der Waals surface area contributed by atoms with Crippen LogP contribution >= 0.6 is 0 Å². The largest absolute Gasteiger partial charge is 0.491 e. The summed E-state index contributed by atoms with van der Waals surface area (Å²) in [7, 11) is 0. The molecule has 0 aliphatic rings. The highest BCUT2D eigenvalue weighted by molar-refractivity contribution is 5.29. The summed E-state index contributed by atoms with van der Waals surface area (Å²) < 4.78 is 71.3. The van der Waals surface area contributed by atoms with Gasteiger partial charge >= 0.3 is 0 Å². The average molecular weight is 793 g/mol. The van der Waals surface area contributed by atoms with E-state index in [2.05, 4.69) is 45.0 Å². The molecule has 0 aromatic heterocycles. The van der Waals surface area contributed by atoms with Gasteiger partial charge in [-0.15, -0.1) is 0 Å². The van der Waals surface area contributed by atoms with Crippen LogP contribution < -0.4 is 4.74 Å². The topological polar surface area (TPSA) is 140 Å². The fourth-order valence-corrected chi connectivity index (χ4v) is 4.94. The molecule has 0 fully saturated rings. The van der Waals surface area contributed by atoms with Gasteiger partial charge in [0.1, 0.15) is 12.4 Å². The van der Waals surface area contributed by atoms with Gasteiger partial charge in [0, 0.05) is 0 Å². The molecule has 0 spiro atoms. The van der Waals surface area contributed by atoms with E-state index in [1.807, 2.05) is 0 Å². The Morgan fingerprint density at radius 1 is 0.382 bits per heavy atom. The summed E-state index contributed by atoms with van der Waals surface area (Å²) >= 11 is 0. The molecule has 0 heterocycles. The van der Waals surface area contributed by atoms with Crippen LogP contribution in [0.5, 0.6) is 5.75 Å². The van der Waals surface area contributed by atoms with Crippen LogP contribution in [0.3, 0.4) is 0 Å². The standard InChI is InChI=1S/C41H76O14/c1-4-38(3)6-7-39(5-2)40-8-10-41(11-9-40)55-37-36-54-35-34-53-33-32-52-31-30-51-29-28-50-27-26-49-25-24-48-23-22-47-21-20-46-19-18-45-17-16-44-15-14-43-13-12-42/h8-11,38-39,42H,4-7,12-37H2,1-3H3. The summed E-state index contributed by atoms with van der Waals surface area (Å²) in [6, 6.07) is 8.56. The molecular weight excluding hydrogens is 716 g/mol. The lowest BCUT2D eigenvalue weighted by atomic mass is 9.88. The maximum absolute atomic E-state index is 8.59. The molecule has 2 atom stereocenters. The Labute approximate surface area is 331 Å². The fraction of sp³-hybridized carbons (Fsp3) is 0.854. The zero-order valence-electron chi connectivity index (χ0n) is 34.4. The highest BCUT2D eigenvalue weighted by Gasteiger charge is 2.11. The molecule has 2 unspecified atom stereocenters. The second kappa shape index (κ2) is 42.1. The van der Waals surface area contributed by atoms with Gasteiger partial charge in [0.05, 0.1) is 165 Å². The van der Waals surface area contributed by atoms with Crippen molar-refractivity contribution in [3.63, 3.8) is 0 Å². The van der Waals surface area contributed by atoms with Crippen LogP contribution in [0.4, 0.5) is 0 Å². The minimum atomic E-state index is 0.0241. The van der Waals surface area contributed by atoms with Crippen LogP contribution in [0.25, 0.3) is 0 Å². The smallest absolute Gasteiger partial charge is 0.119 e. The third kappa shape index (κ3) is 35.4. The number of aliphatic hydroxyl groups is 1. The molecular formula is C41H76O14. The van der Waals surface area contributed by atoms with Gasteiger partial charge in [0.2, 0.25) is 0 Å². The van der Waals surface area contributed by atoms with E-state index in [0.717, 1.165) is 11.7 Å². The summed E-state index contributed by atoms with van der Waals surface area (Å²) in [6.45, 7) is 19.4. The maximum atomic E-state index is 8.59. The molecule has 0 aliphatic carbocycles. The average Bonchev–Trinajstić information content (AvgIpc) is 3.21. The van der Waals surface area contributed by atoms with Crippen molar-refractivity contribution in [3.05, 3.63) is 29.8 Å². The molecule has 1 aromatic carbocycles. The summed E-state index contributed by atoms with van der Waals surface area (Å²) in [6.07, 6.45) is 4.95. The zero-order chi connectivity index (χ0) is 39.5. The van der Waals surface area contributed by atoms with Crippen LogP contribution in [-0.4, -0.2) is 177 Å². The lowest BCUT2D eigenvalue weighted by Gasteiger charge is -2.18. The molecule has 1 N–H and O–H groups in total. The Kier molecular flexibility index (Phi) is 39.4. The number of hydrogen-bond donors (Lipinski definition) is 1. The molecule has 0 saturated carbocycles. The van der Waals surface area contributed by atoms with Gasteiger partial charge in [0.15, 0.2) is 0 Å². The van der Waals surface area contributed by atoms with Crippen molar-refractivity contribution in [3.8, 4) is 5.75 Å². The SMILES string of the molecule is CCC(C)CCC(CC)c1ccc(OCCOCCOCCOCCOCCOCCOCCOCCOCCOCCOCCOCCOCCO)cc1. The molecule has 0 radical (unpaired) electrons. The molecule has 0 saturated heterocycles. The Bertz CT molecular complexity index is 881. The molecule has 0 aliphatic heterocycles. The molecule has 14 nitrogen and oxygen atoms in total. The monoisotopic (exact) mass is 793 g/mol. The number of hydrogen-bond acceptors (Lipinski definition) is 14. The summed E-state index contributed by atoms with van der Waals surface area (Å²) in [5.74, 6) is 2.29. The van der Waals surface area contributed by atoms with Crippen LogP contribution in [0.15, 0.2) is 24.3 Å². The Morgan fingerprint density at radius 3 is 0.945 bits per heavy atom. The first-order chi connectivity index (χ1) is 27.2. The molecule has 0 bridgehead atoms. The van der Waals surface area contributed by atoms with Gasteiger partial charge in [0.25, 0.3) is 0 Å². The lowest BCUT2D eigenvalue weighted by Crippen LogP contribution is -2.15. The maximum Gasteiger partial charge on any atom is 0.119 e. The summed E-state index contributed by atoms with van der Waals surface area (Å²) in [5, 5.41) is 8.59. The van der Waals surface area contributed by atoms with Crippen molar-refractivity contribution in [1.29, 1.82) is 0 Å². The van der Waals surface area contributed by atoms with E-state index in [4.69, 9.17) is 66.7 Å². The Morgan fingerprint density at radius 2 is 0.673 bits per heavy atom. The van der Waals surface area contributed by atoms with Gasteiger partial charge in [-0.1, -0.05) is 45.7 Å². The highest BCUT2D eigenvalue weighted by atomic mass is 16.6. The Hall–Kier alpha value is -1.50. The predicted octanol–water partition coefficient (Wildman–Crippen LogP) is 4.58. The van der Waals surface area contributed by atoms with Crippen molar-refractivity contribution in [2.24, 2.45) is 5.92 Å². The first-order valence-corrected chi connectivity index (χ1v) is 20.5. The molecule has 14 heteroatoms. The van der Waals surface area contributed by atoms with Gasteiger partial charge < -0.3 is 66.7 Å². The van der Waals surface area contributed by atoms with E-state index in [1.54, 1.807) is 0 Å². The number of aliphatic hydroxyl groups excluding tert-OH is 1. The first kappa shape index (κ1) is 51.5. The van der Waals surface area contributed by atoms with Crippen molar-refractivity contribution in [1.82, 2.24) is 0 Å². The second-order valence-corrected chi connectivity index (χ2v) is 12.7. The van der Waals surface area contributed by atoms with E-state index in [1.165, 1.54) is 31.2 Å². The van der Waals surface area contributed by atoms with Crippen molar-refractivity contribution in [2.75, 3.05) is 172 Å². The highest BCUT2D eigenvalue weighted by Crippen LogP contribution is 2.28. The minimum absolute atomic E-state index is 0.0241. The Balaban J connectivity index is 1.71. The summed E-state index contributed by atoms with van der Waals surface area (Å²) in [5.41, 5.74) is 1.40. The lowest BCUT2D eigenvalue weighted by molar-refractivity contribution is -0.0287. The first-order valence-electron chi connectivity index (χ1n) is 20.5. The van der Waals surface area contributed by atoms with Crippen LogP contribution in [-0.2, 0) is 56.8 Å². The molecule has 55 heavy (non-hydrogen) atoms. The van der Waals surface area contributed by atoms with Crippen LogP contribution in [0.1, 0.15) is 57.9 Å².